The van der Waals surface area contributed by atoms with Crippen LogP contribution in [0.4, 0.5) is 10.5 Å². The topological polar surface area (TPSA) is 74.3 Å². The largest absolute Gasteiger partial charge is 0.366 e. The van der Waals surface area contributed by atoms with Crippen LogP contribution in [0.15, 0.2) is 24.5 Å². The van der Waals surface area contributed by atoms with Crippen molar-refractivity contribution >= 4 is 17.6 Å². The highest BCUT2D eigenvalue weighted by Gasteiger charge is 2.43. The maximum Gasteiger partial charge on any atom is 0.326 e. The van der Waals surface area contributed by atoms with Crippen LogP contribution in [-0.2, 0) is 4.79 Å². The summed E-state index contributed by atoms with van der Waals surface area (Å²) in [5.41, 5.74) is -0.0638. The fraction of sp³-hybridized carbons (Fsp3) is 0.364. The molecule has 6 heteroatoms. The van der Waals surface area contributed by atoms with E-state index in [9.17, 15) is 9.59 Å². The van der Waals surface area contributed by atoms with Crippen LogP contribution in [0.25, 0.3) is 0 Å². The molecule has 1 aliphatic rings. The summed E-state index contributed by atoms with van der Waals surface area (Å²) in [6.07, 6.45) is 3.28. The average molecular weight is 234 g/mol. The standard InChI is InChI=1S/C11H14N4O2/c1-11(2)9(16)15(10(17)14-11)7-13-8-4-3-5-12-6-8/h3-6,13H,7H2,1-2H3,(H,14,17). The summed E-state index contributed by atoms with van der Waals surface area (Å²) in [5, 5.41) is 5.58. The predicted octanol–water partition coefficient (Wildman–Crippen LogP) is 0.781. The van der Waals surface area contributed by atoms with Gasteiger partial charge in [-0.05, 0) is 26.0 Å². The highest BCUT2D eigenvalue weighted by atomic mass is 16.2. The number of urea groups is 1. The van der Waals surface area contributed by atoms with Gasteiger partial charge in [-0.2, -0.15) is 0 Å². The number of carbonyl (C=O) groups is 2. The number of amides is 3. The average Bonchev–Trinajstić information content (AvgIpc) is 2.48. The van der Waals surface area contributed by atoms with Crippen molar-refractivity contribution in [3.8, 4) is 0 Å². The minimum absolute atomic E-state index is 0.139. The number of nitrogens with zero attached hydrogens (tertiary/aromatic N) is 2. The fourth-order valence-corrected chi connectivity index (χ4v) is 1.60. The van der Waals surface area contributed by atoms with E-state index in [1.54, 1.807) is 32.3 Å². The number of anilines is 1. The van der Waals surface area contributed by atoms with E-state index in [0.29, 0.717) is 0 Å². The molecule has 0 atom stereocenters. The van der Waals surface area contributed by atoms with E-state index in [0.717, 1.165) is 10.6 Å². The van der Waals surface area contributed by atoms with E-state index in [-0.39, 0.29) is 18.6 Å². The second-order valence-electron chi connectivity index (χ2n) is 4.36. The van der Waals surface area contributed by atoms with Gasteiger partial charge in [-0.15, -0.1) is 0 Å². The molecule has 6 nitrogen and oxygen atoms in total. The zero-order valence-electron chi connectivity index (χ0n) is 9.73. The summed E-state index contributed by atoms with van der Waals surface area (Å²) in [7, 11) is 0. The molecule has 0 saturated carbocycles. The number of aromatic nitrogens is 1. The Kier molecular flexibility index (Phi) is 2.71. The van der Waals surface area contributed by atoms with E-state index in [1.165, 1.54) is 0 Å². The Bertz CT molecular complexity index is 444. The maximum absolute atomic E-state index is 11.8. The van der Waals surface area contributed by atoms with Crippen molar-refractivity contribution in [3.05, 3.63) is 24.5 Å². The molecule has 1 fully saturated rings. The van der Waals surface area contributed by atoms with Crippen molar-refractivity contribution in [3.63, 3.8) is 0 Å². The third-order valence-electron chi connectivity index (χ3n) is 2.55. The summed E-state index contributed by atoms with van der Waals surface area (Å²) in [4.78, 5) is 28.5. The fourth-order valence-electron chi connectivity index (χ4n) is 1.60. The van der Waals surface area contributed by atoms with Crippen LogP contribution in [0.3, 0.4) is 0 Å². The maximum atomic E-state index is 11.8. The third kappa shape index (κ3) is 2.20. The quantitative estimate of drug-likeness (QED) is 0.758. The van der Waals surface area contributed by atoms with E-state index in [1.807, 2.05) is 6.07 Å². The first-order valence-electron chi connectivity index (χ1n) is 5.29. The Labute approximate surface area is 99.0 Å². The summed E-state index contributed by atoms with van der Waals surface area (Å²) < 4.78 is 0. The van der Waals surface area contributed by atoms with Gasteiger partial charge in [-0.1, -0.05) is 0 Å². The summed E-state index contributed by atoms with van der Waals surface area (Å²) in [6.45, 7) is 3.49. The van der Waals surface area contributed by atoms with Gasteiger partial charge in [0.15, 0.2) is 0 Å². The van der Waals surface area contributed by atoms with Crippen LogP contribution in [0.2, 0.25) is 0 Å². The molecule has 3 amide bonds. The van der Waals surface area contributed by atoms with Gasteiger partial charge in [0.2, 0.25) is 0 Å². The van der Waals surface area contributed by atoms with Gasteiger partial charge < -0.3 is 10.6 Å². The van der Waals surface area contributed by atoms with Crippen molar-refractivity contribution in [2.24, 2.45) is 0 Å². The molecule has 1 aliphatic heterocycles. The zero-order valence-corrected chi connectivity index (χ0v) is 9.73. The molecule has 2 rings (SSSR count). The lowest BCUT2D eigenvalue weighted by Gasteiger charge is -2.16. The van der Waals surface area contributed by atoms with Crippen LogP contribution < -0.4 is 10.6 Å². The number of rotatable bonds is 3. The first kappa shape index (κ1) is 11.4. The van der Waals surface area contributed by atoms with Gasteiger partial charge in [0.1, 0.15) is 5.54 Å². The molecule has 0 bridgehead atoms. The first-order chi connectivity index (χ1) is 8.00. The van der Waals surface area contributed by atoms with E-state index in [2.05, 4.69) is 15.6 Å². The summed E-state index contributed by atoms with van der Waals surface area (Å²) in [5.74, 6) is -0.237. The number of pyridine rings is 1. The number of nitrogens with one attached hydrogen (secondary N) is 2. The van der Waals surface area contributed by atoms with Gasteiger partial charge in [-0.25, -0.2) is 9.69 Å². The zero-order chi connectivity index (χ0) is 12.5. The SMILES string of the molecule is CC1(C)NC(=O)N(CNc2cccnc2)C1=O. The molecule has 0 radical (unpaired) electrons. The van der Waals surface area contributed by atoms with Crippen LogP contribution in [0, 0.1) is 0 Å². The molecule has 0 spiro atoms. The van der Waals surface area contributed by atoms with E-state index < -0.39 is 5.54 Å². The highest BCUT2D eigenvalue weighted by Crippen LogP contribution is 2.16. The van der Waals surface area contributed by atoms with Gasteiger partial charge >= 0.3 is 6.03 Å². The predicted molar refractivity (Wildman–Crippen MR) is 62.2 cm³/mol. The Morgan fingerprint density at radius 2 is 2.24 bits per heavy atom. The number of hydrogen-bond donors (Lipinski definition) is 2. The number of hydrogen-bond acceptors (Lipinski definition) is 4. The van der Waals surface area contributed by atoms with Crippen molar-refractivity contribution < 1.29 is 9.59 Å². The van der Waals surface area contributed by atoms with E-state index in [4.69, 9.17) is 0 Å². The molecule has 0 unspecified atom stereocenters. The van der Waals surface area contributed by atoms with Gasteiger partial charge in [0.05, 0.1) is 12.4 Å². The number of imide groups is 1. The molecule has 2 N–H and O–H groups in total. The Morgan fingerprint density at radius 1 is 1.47 bits per heavy atom. The molecule has 1 saturated heterocycles. The lowest BCUT2D eigenvalue weighted by atomic mass is 10.1. The van der Waals surface area contributed by atoms with Gasteiger partial charge in [0.25, 0.3) is 5.91 Å². The lowest BCUT2D eigenvalue weighted by Crippen LogP contribution is -2.41. The Hall–Kier alpha value is -2.11. The molecule has 0 aliphatic carbocycles. The smallest absolute Gasteiger partial charge is 0.326 e. The summed E-state index contributed by atoms with van der Waals surface area (Å²) >= 11 is 0. The van der Waals surface area contributed by atoms with Crippen LogP contribution in [-0.4, -0.2) is 34.0 Å². The highest BCUT2D eigenvalue weighted by molar-refractivity contribution is 6.06. The molecular formula is C11H14N4O2. The summed E-state index contributed by atoms with van der Waals surface area (Å²) in [6, 6.07) is 3.21. The Morgan fingerprint density at radius 3 is 2.76 bits per heavy atom. The van der Waals surface area contributed by atoms with Crippen molar-refractivity contribution in [1.29, 1.82) is 0 Å². The number of carbonyl (C=O) groups excluding carboxylic acids is 2. The molecule has 2 heterocycles. The van der Waals surface area contributed by atoms with Crippen molar-refractivity contribution in [2.75, 3.05) is 12.0 Å². The van der Waals surface area contributed by atoms with Crippen molar-refractivity contribution in [2.45, 2.75) is 19.4 Å². The molecule has 1 aromatic heterocycles. The second kappa shape index (κ2) is 4.04. The molecule has 0 aromatic carbocycles. The van der Waals surface area contributed by atoms with Crippen LogP contribution in [0.5, 0.6) is 0 Å². The van der Waals surface area contributed by atoms with Crippen molar-refractivity contribution in [1.82, 2.24) is 15.2 Å². The normalized spacial score (nSPS) is 18.1. The monoisotopic (exact) mass is 234 g/mol. The molecule has 90 valence electrons. The minimum Gasteiger partial charge on any atom is -0.366 e. The second-order valence-corrected chi connectivity index (χ2v) is 4.36. The third-order valence-corrected chi connectivity index (χ3v) is 2.55. The van der Waals surface area contributed by atoms with Crippen LogP contribution in [0.1, 0.15) is 13.8 Å². The van der Waals surface area contributed by atoms with Gasteiger partial charge in [0, 0.05) is 12.4 Å². The molecular weight excluding hydrogens is 220 g/mol. The molecule has 1 aromatic rings. The van der Waals surface area contributed by atoms with Gasteiger partial charge in [-0.3, -0.25) is 9.78 Å². The van der Waals surface area contributed by atoms with E-state index >= 15 is 0 Å². The first-order valence-corrected chi connectivity index (χ1v) is 5.29. The van der Waals surface area contributed by atoms with Crippen LogP contribution >= 0.6 is 0 Å². The Balaban J connectivity index is 2.01. The molecule has 17 heavy (non-hydrogen) atoms. The minimum atomic E-state index is -0.826. The lowest BCUT2D eigenvalue weighted by molar-refractivity contribution is -0.129.